The predicted molar refractivity (Wildman–Crippen MR) is 110 cm³/mol. The molecule has 2 aromatic rings. The first-order chi connectivity index (χ1) is 13.9. The van der Waals surface area contributed by atoms with Crippen LogP contribution in [0.2, 0.25) is 0 Å². The molecule has 0 fully saturated rings. The van der Waals surface area contributed by atoms with Gasteiger partial charge in [-0.2, -0.15) is 4.31 Å². The van der Waals surface area contributed by atoms with Crippen molar-refractivity contribution in [2.45, 2.75) is 31.6 Å². The monoisotopic (exact) mass is 422 g/mol. The highest BCUT2D eigenvalue weighted by atomic mass is 32.2. The number of unbranched alkanes of at least 4 members (excludes halogenated alkanes) is 1. The third-order valence-corrected chi connectivity index (χ3v) is 6.42. The van der Waals surface area contributed by atoms with Crippen molar-refractivity contribution in [3.05, 3.63) is 59.9 Å². The minimum atomic E-state index is -3.61. The van der Waals surface area contributed by atoms with E-state index in [1.54, 1.807) is 38.1 Å². The van der Waals surface area contributed by atoms with E-state index in [9.17, 15) is 17.6 Å². The van der Waals surface area contributed by atoms with Crippen LogP contribution >= 0.6 is 0 Å². The Labute approximate surface area is 171 Å². The lowest BCUT2D eigenvalue weighted by Gasteiger charge is -2.18. The largest absolute Gasteiger partial charge is 0.494 e. The standard InChI is InChI=1S/C21H27FN2O4S/c1-3-24(4-2)29(26,27)20-9-7-8-17(16-20)21(25)23-14-5-6-15-28-19-12-10-18(22)11-13-19/h7-13,16H,3-6,14-15H2,1-2H3,(H,23,25). The lowest BCUT2D eigenvalue weighted by atomic mass is 10.2. The quantitative estimate of drug-likeness (QED) is 0.563. The zero-order valence-corrected chi connectivity index (χ0v) is 17.5. The normalized spacial score (nSPS) is 11.4. The van der Waals surface area contributed by atoms with Crippen molar-refractivity contribution in [1.82, 2.24) is 9.62 Å². The van der Waals surface area contributed by atoms with Gasteiger partial charge in [-0.15, -0.1) is 0 Å². The number of nitrogens with one attached hydrogen (secondary N) is 1. The number of amides is 1. The molecule has 2 rings (SSSR count). The fourth-order valence-electron chi connectivity index (χ4n) is 2.76. The number of rotatable bonds is 11. The Morgan fingerprint density at radius 3 is 2.41 bits per heavy atom. The Morgan fingerprint density at radius 2 is 1.76 bits per heavy atom. The van der Waals surface area contributed by atoms with Gasteiger partial charge in [0.05, 0.1) is 11.5 Å². The topological polar surface area (TPSA) is 75.7 Å². The van der Waals surface area contributed by atoms with Crippen molar-refractivity contribution in [1.29, 1.82) is 0 Å². The van der Waals surface area contributed by atoms with Crippen LogP contribution < -0.4 is 10.1 Å². The van der Waals surface area contributed by atoms with Crippen molar-refractivity contribution in [2.24, 2.45) is 0 Å². The van der Waals surface area contributed by atoms with Crippen LogP contribution in [0.3, 0.4) is 0 Å². The van der Waals surface area contributed by atoms with E-state index in [0.717, 1.165) is 0 Å². The summed E-state index contributed by atoms with van der Waals surface area (Å²) < 4.78 is 44.9. The number of nitrogens with zero attached hydrogens (tertiary/aromatic N) is 1. The minimum Gasteiger partial charge on any atom is -0.494 e. The van der Waals surface area contributed by atoms with E-state index < -0.39 is 10.0 Å². The van der Waals surface area contributed by atoms with Gasteiger partial charge >= 0.3 is 0 Å². The summed E-state index contributed by atoms with van der Waals surface area (Å²) in [5, 5.41) is 2.79. The smallest absolute Gasteiger partial charge is 0.251 e. The fraction of sp³-hybridized carbons (Fsp3) is 0.381. The molecule has 0 atom stereocenters. The minimum absolute atomic E-state index is 0.113. The first-order valence-electron chi connectivity index (χ1n) is 9.65. The average molecular weight is 423 g/mol. The number of halogens is 1. The van der Waals surface area contributed by atoms with Gasteiger partial charge in [-0.25, -0.2) is 12.8 Å². The van der Waals surface area contributed by atoms with Crippen LogP contribution in [0, 0.1) is 5.82 Å². The summed E-state index contributed by atoms with van der Waals surface area (Å²) in [7, 11) is -3.61. The van der Waals surface area contributed by atoms with Crippen LogP contribution in [-0.2, 0) is 10.0 Å². The van der Waals surface area contributed by atoms with E-state index in [1.807, 2.05) is 0 Å². The molecule has 0 bridgehead atoms. The predicted octanol–water partition coefficient (Wildman–Crippen LogP) is 3.45. The van der Waals surface area contributed by atoms with E-state index in [4.69, 9.17) is 4.74 Å². The van der Waals surface area contributed by atoms with Gasteiger partial charge in [0, 0.05) is 25.2 Å². The highest BCUT2D eigenvalue weighted by molar-refractivity contribution is 7.89. The number of carbonyl (C=O) groups excluding carboxylic acids is 1. The Bertz CT molecular complexity index is 897. The van der Waals surface area contributed by atoms with Gasteiger partial charge in [0.1, 0.15) is 11.6 Å². The van der Waals surface area contributed by atoms with Crippen molar-refractivity contribution >= 4 is 15.9 Å². The second-order valence-corrected chi connectivity index (χ2v) is 8.32. The van der Waals surface area contributed by atoms with Crippen molar-refractivity contribution in [2.75, 3.05) is 26.2 Å². The van der Waals surface area contributed by atoms with Crippen LogP contribution in [-0.4, -0.2) is 44.9 Å². The summed E-state index contributed by atoms with van der Waals surface area (Å²) in [6.07, 6.45) is 1.42. The molecule has 0 aliphatic heterocycles. The summed E-state index contributed by atoms with van der Waals surface area (Å²) in [6, 6.07) is 11.9. The third kappa shape index (κ3) is 6.54. The molecule has 1 amide bonds. The van der Waals surface area contributed by atoms with Gasteiger partial charge in [0.15, 0.2) is 0 Å². The molecule has 0 aliphatic carbocycles. The maximum atomic E-state index is 12.8. The zero-order valence-electron chi connectivity index (χ0n) is 16.7. The summed E-state index contributed by atoms with van der Waals surface area (Å²) in [6.45, 7) is 5.19. The van der Waals surface area contributed by atoms with Crippen LogP contribution in [0.4, 0.5) is 4.39 Å². The first-order valence-corrected chi connectivity index (χ1v) is 11.1. The summed E-state index contributed by atoms with van der Waals surface area (Å²) in [4.78, 5) is 12.4. The number of hydrogen-bond donors (Lipinski definition) is 1. The summed E-state index contributed by atoms with van der Waals surface area (Å²) in [5.74, 6) is -0.0308. The first kappa shape index (κ1) is 22.8. The number of sulfonamides is 1. The SMILES string of the molecule is CCN(CC)S(=O)(=O)c1cccc(C(=O)NCCCCOc2ccc(F)cc2)c1. The molecule has 6 nitrogen and oxygen atoms in total. The molecular weight excluding hydrogens is 395 g/mol. The van der Waals surface area contributed by atoms with E-state index in [0.29, 0.717) is 50.4 Å². The number of carbonyl (C=O) groups is 1. The third-order valence-electron chi connectivity index (χ3n) is 4.38. The molecule has 1 N–H and O–H groups in total. The van der Waals surface area contributed by atoms with Gasteiger partial charge in [0.2, 0.25) is 10.0 Å². The lowest BCUT2D eigenvalue weighted by molar-refractivity contribution is 0.0952. The van der Waals surface area contributed by atoms with Gasteiger partial charge in [0.25, 0.3) is 5.91 Å². The van der Waals surface area contributed by atoms with E-state index in [1.165, 1.54) is 28.6 Å². The molecule has 0 saturated carbocycles. The van der Waals surface area contributed by atoms with Crippen molar-refractivity contribution in [3.63, 3.8) is 0 Å². The maximum absolute atomic E-state index is 12.8. The molecule has 0 saturated heterocycles. The van der Waals surface area contributed by atoms with Crippen LogP contribution in [0.15, 0.2) is 53.4 Å². The molecule has 0 heterocycles. The van der Waals surface area contributed by atoms with E-state index in [2.05, 4.69) is 5.32 Å². The summed E-state index contributed by atoms with van der Waals surface area (Å²) in [5.41, 5.74) is 0.306. The second kappa shape index (κ2) is 10.9. The van der Waals surface area contributed by atoms with Crippen molar-refractivity contribution in [3.8, 4) is 5.75 Å². The average Bonchev–Trinajstić information content (AvgIpc) is 2.72. The molecule has 2 aromatic carbocycles. The number of ether oxygens (including phenoxy) is 1. The Kier molecular flexibility index (Phi) is 8.60. The highest BCUT2D eigenvalue weighted by Gasteiger charge is 2.22. The molecule has 158 valence electrons. The highest BCUT2D eigenvalue weighted by Crippen LogP contribution is 2.17. The molecule has 0 aromatic heterocycles. The Morgan fingerprint density at radius 1 is 1.07 bits per heavy atom. The lowest BCUT2D eigenvalue weighted by Crippen LogP contribution is -2.31. The molecular formula is C21H27FN2O4S. The molecule has 29 heavy (non-hydrogen) atoms. The summed E-state index contributed by atoms with van der Waals surface area (Å²) >= 11 is 0. The molecule has 0 radical (unpaired) electrons. The molecule has 8 heteroatoms. The number of hydrogen-bond acceptors (Lipinski definition) is 4. The van der Waals surface area contributed by atoms with Gasteiger partial charge < -0.3 is 10.1 Å². The van der Waals surface area contributed by atoms with Crippen molar-refractivity contribution < 1.29 is 22.3 Å². The molecule has 0 spiro atoms. The van der Waals surface area contributed by atoms with Crippen LogP contribution in [0.5, 0.6) is 5.75 Å². The van der Waals surface area contributed by atoms with Gasteiger partial charge in [-0.05, 0) is 55.3 Å². The van der Waals surface area contributed by atoms with Gasteiger partial charge in [-0.1, -0.05) is 19.9 Å². The molecule has 0 unspecified atom stereocenters. The molecule has 0 aliphatic rings. The van der Waals surface area contributed by atoms with Crippen LogP contribution in [0.1, 0.15) is 37.0 Å². The van der Waals surface area contributed by atoms with Gasteiger partial charge in [-0.3, -0.25) is 4.79 Å². The van der Waals surface area contributed by atoms with E-state index >= 15 is 0 Å². The second-order valence-electron chi connectivity index (χ2n) is 6.38. The zero-order chi connectivity index (χ0) is 21.3. The maximum Gasteiger partial charge on any atom is 0.251 e. The fourth-order valence-corrected chi connectivity index (χ4v) is 4.27. The number of benzene rings is 2. The van der Waals surface area contributed by atoms with E-state index in [-0.39, 0.29) is 16.6 Å². The Balaban J connectivity index is 1.81. The van der Waals surface area contributed by atoms with Crippen LogP contribution in [0.25, 0.3) is 0 Å². The Hall–Kier alpha value is -2.45.